The lowest BCUT2D eigenvalue weighted by atomic mass is 10.1. The van der Waals surface area contributed by atoms with Gasteiger partial charge >= 0.3 is 12.1 Å². The Morgan fingerprint density at radius 1 is 1.27 bits per heavy atom. The van der Waals surface area contributed by atoms with Crippen molar-refractivity contribution in [3.63, 3.8) is 0 Å². The molecular formula is C24H27F4N5O4S3. The molecule has 40 heavy (non-hydrogen) atoms. The molecular weight excluding hydrogens is 594 g/mol. The molecule has 0 radical (unpaired) electrons. The highest BCUT2D eigenvalue weighted by molar-refractivity contribution is 7.92. The molecule has 0 amide bonds. The largest absolute Gasteiger partial charge is 0.493 e. The van der Waals surface area contributed by atoms with Gasteiger partial charge in [-0.3, -0.25) is 4.90 Å². The number of rotatable bonds is 9. The van der Waals surface area contributed by atoms with Crippen LogP contribution in [0.3, 0.4) is 0 Å². The van der Waals surface area contributed by atoms with Gasteiger partial charge in [-0.05, 0) is 31.0 Å². The quantitative estimate of drug-likeness (QED) is 0.241. The molecule has 2 aromatic heterocycles. The van der Waals surface area contributed by atoms with Crippen LogP contribution in [0.2, 0.25) is 0 Å². The molecule has 0 N–H and O–H groups in total. The molecule has 0 bridgehead atoms. The van der Waals surface area contributed by atoms with Gasteiger partial charge in [0.05, 0.1) is 16.2 Å². The molecule has 0 aliphatic carbocycles. The highest BCUT2D eigenvalue weighted by atomic mass is 32.2. The second kappa shape index (κ2) is 11.6. The first kappa shape index (κ1) is 30.1. The number of anilines is 2. The van der Waals surface area contributed by atoms with E-state index in [1.54, 1.807) is 25.3 Å². The number of hydrogen-bond acceptors (Lipinski definition) is 10. The number of sulfonamides is 1. The number of likely N-dealkylation sites (tertiary alicyclic amines) is 1. The van der Waals surface area contributed by atoms with Gasteiger partial charge in [0.15, 0.2) is 5.82 Å². The lowest BCUT2D eigenvalue weighted by Crippen LogP contribution is -2.39. The molecule has 1 aromatic carbocycles. The van der Waals surface area contributed by atoms with E-state index in [0.717, 1.165) is 58.0 Å². The van der Waals surface area contributed by atoms with Crippen molar-refractivity contribution in [2.45, 2.75) is 56.8 Å². The molecule has 1 aliphatic rings. The first-order chi connectivity index (χ1) is 18.7. The van der Waals surface area contributed by atoms with Gasteiger partial charge in [0.1, 0.15) is 10.7 Å². The maximum atomic E-state index is 15.3. The van der Waals surface area contributed by atoms with E-state index in [2.05, 4.69) is 33.6 Å². The third kappa shape index (κ3) is 6.39. The first-order valence-corrected chi connectivity index (χ1v) is 15.4. The fourth-order valence-corrected chi connectivity index (χ4v) is 7.03. The first-order valence-electron chi connectivity index (χ1n) is 12.1. The molecule has 3 aromatic rings. The third-order valence-corrected chi connectivity index (χ3v) is 9.71. The summed E-state index contributed by atoms with van der Waals surface area (Å²) in [6.07, 6.45) is -4.71. The highest BCUT2D eigenvalue weighted by Crippen LogP contribution is 2.33. The predicted octanol–water partition coefficient (Wildman–Crippen LogP) is 5.10. The fourth-order valence-electron chi connectivity index (χ4n) is 4.31. The van der Waals surface area contributed by atoms with E-state index in [1.807, 2.05) is 10.3 Å². The summed E-state index contributed by atoms with van der Waals surface area (Å²) in [5.74, 6) is -4.27. The molecule has 1 fully saturated rings. The maximum Gasteiger partial charge on any atom is 0.493 e. The van der Waals surface area contributed by atoms with Gasteiger partial charge < -0.3 is 9.74 Å². The number of aryl methyl sites for hydroxylation is 1. The van der Waals surface area contributed by atoms with Crippen LogP contribution < -0.4 is 9.37 Å². The monoisotopic (exact) mass is 621 g/mol. The smallest absolute Gasteiger partial charge is 0.370 e. The lowest BCUT2D eigenvalue weighted by Gasteiger charge is -2.29. The number of hydrogen-bond donors (Lipinski definition) is 0. The third-order valence-electron chi connectivity index (χ3n) is 6.37. The lowest BCUT2D eigenvalue weighted by molar-refractivity contribution is -0.199. The topological polar surface area (TPSA) is 95.9 Å². The van der Waals surface area contributed by atoms with Gasteiger partial charge in [-0.25, -0.2) is 19.2 Å². The summed E-state index contributed by atoms with van der Waals surface area (Å²) in [6.45, 7) is 7.90. The van der Waals surface area contributed by atoms with Crippen LogP contribution in [0.25, 0.3) is 0 Å². The Bertz CT molecular complexity index is 1460. The molecule has 16 heteroatoms. The van der Waals surface area contributed by atoms with E-state index < -0.39 is 38.7 Å². The number of carbonyl (C=O) groups is 1. The minimum Gasteiger partial charge on any atom is -0.370 e. The van der Waals surface area contributed by atoms with Crippen molar-refractivity contribution >= 4 is 50.2 Å². The Kier molecular flexibility index (Phi) is 8.73. The zero-order valence-electron chi connectivity index (χ0n) is 22.0. The number of benzene rings is 1. The number of aromatic nitrogens is 2. The molecule has 0 spiro atoms. The van der Waals surface area contributed by atoms with Gasteiger partial charge in [-0.1, -0.05) is 18.3 Å². The van der Waals surface area contributed by atoms with E-state index >= 15 is 4.39 Å². The number of alkyl halides is 3. The maximum absolute atomic E-state index is 15.3. The summed E-state index contributed by atoms with van der Waals surface area (Å²) >= 11 is 2.47. The number of halogens is 4. The van der Waals surface area contributed by atoms with Gasteiger partial charge in [0.25, 0.3) is 10.0 Å². The molecule has 3 heterocycles. The second-order valence-electron chi connectivity index (χ2n) is 9.64. The summed E-state index contributed by atoms with van der Waals surface area (Å²) in [5.41, 5.74) is 2.90. The van der Waals surface area contributed by atoms with Crippen LogP contribution in [0.15, 0.2) is 33.3 Å². The van der Waals surface area contributed by atoms with Crippen LogP contribution in [-0.4, -0.2) is 61.6 Å². The van der Waals surface area contributed by atoms with Crippen LogP contribution in [-0.2, 0) is 26.2 Å². The van der Waals surface area contributed by atoms with Crippen molar-refractivity contribution in [3.05, 3.63) is 50.5 Å². The van der Waals surface area contributed by atoms with Crippen molar-refractivity contribution in [1.29, 1.82) is 0 Å². The fraction of sp³-hybridized carbons (Fsp3) is 0.458. The Hall–Kier alpha value is -2.82. The number of likely N-dealkylation sites (N-methyl/N-ethyl adjacent to an activating group) is 1. The van der Waals surface area contributed by atoms with Gasteiger partial charge in [-0.2, -0.15) is 21.6 Å². The Morgan fingerprint density at radius 3 is 2.60 bits per heavy atom. The minimum atomic E-state index is -5.49. The van der Waals surface area contributed by atoms with E-state index in [4.69, 9.17) is 0 Å². The van der Waals surface area contributed by atoms with Crippen molar-refractivity contribution in [2.75, 3.05) is 29.5 Å². The molecule has 0 saturated carbocycles. The average Bonchev–Trinajstić information content (AvgIpc) is 3.65. The number of carbonyl (C=O) groups excluding carboxylic acids is 1. The summed E-state index contributed by atoms with van der Waals surface area (Å²) in [4.78, 5) is 27.1. The minimum absolute atomic E-state index is 0.00278. The molecule has 9 nitrogen and oxygen atoms in total. The second-order valence-corrected chi connectivity index (χ2v) is 13.0. The van der Waals surface area contributed by atoms with Gasteiger partial charge in [0, 0.05) is 55.1 Å². The number of thiazole rings is 2. The van der Waals surface area contributed by atoms with Gasteiger partial charge in [0.2, 0.25) is 0 Å². The Morgan fingerprint density at radius 2 is 2.00 bits per heavy atom. The van der Waals surface area contributed by atoms with Gasteiger partial charge in [-0.15, -0.1) is 22.7 Å². The predicted molar refractivity (Wildman–Crippen MR) is 143 cm³/mol. The SMILES string of the molecule is Cc1cc(S(=O)(=O)N(OC(=O)C(F)(F)F)c2cscn2)c(F)cc1N(C)[C@H]1CCN(Cc2csc(C(C)C)n2)C1. The molecule has 1 saturated heterocycles. The van der Waals surface area contributed by atoms with E-state index in [0.29, 0.717) is 30.3 Å². The van der Waals surface area contributed by atoms with Crippen molar-refractivity contribution in [3.8, 4) is 0 Å². The summed E-state index contributed by atoms with van der Waals surface area (Å²) in [5, 5.41) is 4.17. The summed E-state index contributed by atoms with van der Waals surface area (Å²) in [7, 11) is -3.34. The zero-order chi connectivity index (χ0) is 29.4. The molecule has 0 unspecified atom stereocenters. The van der Waals surface area contributed by atoms with E-state index in [9.17, 15) is 26.4 Å². The number of nitrogens with zero attached hydrogens (tertiary/aromatic N) is 5. The Labute approximate surface area is 237 Å². The van der Waals surface area contributed by atoms with Crippen LogP contribution >= 0.6 is 22.7 Å². The van der Waals surface area contributed by atoms with E-state index in [-0.39, 0.29) is 10.5 Å². The van der Waals surface area contributed by atoms with Crippen molar-refractivity contribution in [1.82, 2.24) is 14.9 Å². The van der Waals surface area contributed by atoms with Crippen LogP contribution in [0.1, 0.15) is 42.5 Å². The Balaban J connectivity index is 1.54. The average molecular weight is 622 g/mol. The molecule has 4 rings (SSSR count). The van der Waals surface area contributed by atoms with Crippen molar-refractivity contribution < 1.29 is 35.6 Å². The molecule has 1 aliphatic heterocycles. The van der Waals surface area contributed by atoms with Crippen molar-refractivity contribution in [2.24, 2.45) is 0 Å². The summed E-state index contributed by atoms with van der Waals surface area (Å²) in [6, 6.07) is 2.03. The molecule has 218 valence electrons. The van der Waals surface area contributed by atoms with Crippen LogP contribution in [0, 0.1) is 12.7 Å². The van der Waals surface area contributed by atoms with E-state index in [1.165, 1.54) is 0 Å². The standard InChI is InChI=1S/C24H27F4N5O4S3/c1-14(2)22-30-16(11-39-22)9-32-6-5-17(10-32)31(4)19-8-18(25)20(7-15(19)3)40(35,36)33(21-12-38-13-29-21)37-23(34)24(26,27)28/h7-8,11-14,17H,5-6,9-10H2,1-4H3/t17-/m0/s1. The zero-order valence-corrected chi connectivity index (χ0v) is 24.4. The summed E-state index contributed by atoms with van der Waals surface area (Å²) < 4.78 is 80.1. The molecule has 1 atom stereocenters. The van der Waals surface area contributed by atoms with Crippen LogP contribution in [0.5, 0.6) is 0 Å². The van der Waals surface area contributed by atoms with Crippen LogP contribution in [0.4, 0.5) is 29.1 Å². The highest BCUT2D eigenvalue weighted by Gasteiger charge is 2.46. The normalized spacial score (nSPS) is 16.5.